The van der Waals surface area contributed by atoms with Crippen molar-refractivity contribution in [3.8, 4) is 11.5 Å². The molecule has 0 aliphatic rings. The van der Waals surface area contributed by atoms with Crippen LogP contribution in [0.15, 0.2) is 24.7 Å². The Bertz CT molecular complexity index is 696. The fraction of sp³-hybridized carbons (Fsp3) is 0.167. The number of aryl methyl sites for hydroxylation is 1. The first-order chi connectivity index (χ1) is 8.78. The standard InChI is InChI=1S/C12H9ClN4S/c1-2-7-5-8-10(13)16-11(17-12(8)18-7)9-6-14-3-4-15-9/h3-6H,2H2,1H3. The minimum atomic E-state index is 0.469. The molecule has 3 rings (SSSR count). The highest BCUT2D eigenvalue weighted by Crippen LogP contribution is 2.30. The van der Waals surface area contributed by atoms with Crippen molar-refractivity contribution in [2.75, 3.05) is 0 Å². The first-order valence-electron chi connectivity index (χ1n) is 5.50. The highest BCUT2D eigenvalue weighted by molar-refractivity contribution is 7.18. The van der Waals surface area contributed by atoms with Gasteiger partial charge in [0, 0.05) is 22.7 Å². The summed E-state index contributed by atoms with van der Waals surface area (Å²) in [6, 6.07) is 2.04. The summed E-state index contributed by atoms with van der Waals surface area (Å²) in [6.07, 6.45) is 5.83. The molecule has 0 aliphatic carbocycles. The quantitative estimate of drug-likeness (QED) is 0.674. The van der Waals surface area contributed by atoms with E-state index in [1.807, 2.05) is 6.07 Å². The monoisotopic (exact) mass is 276 g/mol. The van der Waals surface area contributed by atoms with Gasteiger partial charge in [-0.15, -0.1) is 11.3 Å². The van der Waals surface area contributed by atoms with Gasteiger partial charge in [0.05, 0.1) is 6.20 Å². The van der Waals surface area contributed by atoms with E-state index in [0.29, 0.717) is 16.7 Å². The van der Waals surface area contributed by atoms with Crippen LogP contribution in [0.3, 0.4) is 0 Å². The number of aromatic nitrogens is 4. The van der Waals surface area contributed by atoms with Crippen molar-refractivity contribution in [2.24, 2.45) is 0 Å². The maximum absolute atomic E-state index is 6.19. The number of hydrogen-bond acceptors (Lipinski definition) is 5. The summed E-state index contributed by atoms with van der Waals surface area (Å²) < 4.78 is 0. The number of halogens is 1. The smallest absolute Gasteiger partial charge is 0.182 e. The van der Waals surface area contributed by atoms with Gasteiger partial charge in [0.25, 0.3) is 0 Å². The molecule has 0 saturated carbocycles. The van der Waals surface area contributed by atoms with Crippen LogP contribution in [0.25, 0.3) is 21.7 Å². The molecular formula is C12H9ClN4S. The molecule has 0 fully saturated rings. The lowest BCUT2D eigenvalue weighted by Gasteiger charge is -1.99. The molecule has 0 saturated heterocycles. The Morgan fingerprint density at radius 1 is 1.28 bits per heavy atom. The Hall–Kier alpha value is -1.59. The van der Waals surface area contributed by atoms with Crippen molar-refractivity contribution in [1.29, 1.82) is 0 Å². The van der Waals surface area contributed by atoms with E-state index in [0.717, 1.165) is 16.6 Å². The van der Waals surface area contributed by atoms with Gasteiger partial charge in [0.1, 0.15) is 15.7 Å². The van der Waals surface area contributed by atoms with Crippen LogP contribution in [0, 0.1) is 0 Å². The Morgan fingerprint density at radius 2 is 2.17 bits per heavy atom. The molecule has 3 heterocycles. The minimum absolute atomic E-state index is 0.469. The fourth-order valence-corrected chi connectivity index (χ4v) is 2.89. The molecule has 6 heteroatoms. The molecular weight excluding hydrogens is 268 g/mol. The first-order valence-corrected chi connectivity index (χ1v) is 6.69. The van der Waals surface area contributed by atoms with E-state index in [2.05, 4.69) is 26.9 Å². The second-order valence-corrected chi connectivity index (χ2v) is 5.19. The number of nitrogens with zero attached hydrogens (tertiary/aromatic N) is 4. The SMILES string of the molecule is CCc1cc2c(Cl)nc(-c3cnccn3)nc2s1. The highest BCUT2D eigenvalue weighted by Gasteiger charge is 2.11. The molecule has 0 aromatic carbocycles. The third-order valence-electron chi connectivity index (χ3n) is 2.54. The Balaban J connectivity index is 2.21. The van der Waals surface area contributed by atoms with E-state index >= 15 is 0 Å². The van der Waals surface area contributed by atoms with Gasteiger partial charge in [0.2, 0.25) is 0 Å². The summed E-state index contributed by atoms with van der Waals surface area (Å²) in [5.74, 6) is 0.519. The van der Waals surface area contributed by atoms with Crippen LogP contribution in [-0.2, 0) is 6.42 Å². The highest BCUT2D eigenvalue weighted by atomic mass is 35.5. The largest absolute Gasteiger partial charge is 0.261 e. The second-order valence-electron chi connectivity index (χ2n) is 3.71. The molecule has 0 radical (unpaired) electrons. The third-order valence-corrected chi connectivity index (χ3v) is 4.00. The Morgan fingerprint density at radius 3 is 2.89 bits per heavy atom. The van der Waals surface area contributed by atoms with E-state index < -0.39 is 0 Å². The number of hydrogen-bond donors (Lipinski definition) is 0. The molecule has 18 heavy (non-hydrogen) atoms. The van der Waals surface area contributed by atoms with Crippen LogP contribution in [0.4, 0.5) is 0 Å². The molecule has 90 valence electrons. The van der Waals surface area contributed by atoms with Crippen LogP contribution in [0.5, 0.6) is 0 Å². The normalized spacial score (nSPS) is 11.0. The lowest BCUT2D eigenvalue weighted by Crippen LogP contribution is -1.92. The fourth-order valence-electron chi connectivity index (χ4n) is 1.64. The molecule has 3 aromatic rings. The van der Waals surface area contributed by atoms with Crippen LogP contribution in [0.2, 0.25) is 5.15 Å². The second kappa shape index (κ2) is 4.59. The Kier molecular flexibility index (Phi) is 2.93. The molecule has 0 N–H and O–H groups in total. The van der Waals surface area contributed by atoms with Gasteiger partial charge in [-0.05, 0) is 12.5 Å². The van der Waals surface area contributed by atoms with Gasteiger partial charge in [-0.2, -0.15) is 0 Å². The number of fused-ring (bicyclic) bond motifs is 1. The summed E-state index contributed by atoms with van der Waals surface area (Å²) in [5, 5.41) is 1.38. The van der Waals surface area contributed by atoms with Crippen molar-refractivity contribution in [2.45, 2.75) is 13.3 Å². The molecule has 0 spiro atoms. The summed E-state index contributed by atoms with van der Waals surface area (Å²) in [5.41, 5.74) is 0.632. The average molecular weight is 277 g/mol. The van der Waals surface area contributed by atoms with Gasteiger partial charge in [-0.25, -0.2) is 15.0 Å². The van der Waals surface area contributed by atoms with E-state index in [1.165, 1.54) is 4.88 Å². The topological polar surface area (TPSA) is 51.6 Å². The van der Waals surface area contributed by atoms with Gasteiger partial charge < -0.3 is 0 Å². The molecule has 4 nitrogen and oxygen atoms in total. The minimum Gasteiger partial charge on any atom is -0.261 e. The van der Waals surface area contributed by atoms with E-state index in [1.54, 1.807) is 29.9 Å². The van der Waals surface area contributed by atoms with Crippen molar-refractivity contribution in [1.82, 2.24) is 19.9 Å². The van der Waals surface area contributed by atoms with Gasteiger partial charge in [-0.3, -0.25) is 4.98 Å². The molecule has 0 bridgehead atoms. The molecule has 0 aliphatic heterocycles. The van der Waals surface area contributed by atoms with Crippen LogP contribution >= 0.6 is 22.9 Å². The molecule has 0 unspecified atom stereocenters. The van der Waals surface area contributed by atoms with Crippen LogP contribution in [0.1, 0.15) is 11.8 Å². The van der Waals surface area contributed by atoms with E-state index in [9.17, 15) is 0 Å². The average Bonchev–Trinajstić information content (AvgIpc) is 2.83. The first kappa shape index (κ1) is 11.5. The van der Waals surface area contributed by atoms with Crippen molar-refractivity contribution in [3.05, 3.63) is 34.7 Å². The van der Waals surface area contributed by atoms with Crippen molar-refractivity contribution in [3.63, 3.8) is 0 Å². The lowest BCUT2D eigenvalue weighted by atomic mass is 10.3. The summed E-state index contributed by atoms with van der Waals surface area (Å²) in [7, 11) is 0. The lowest BCUT2D eigenvalue weighted by molar-refractivity contribution is 1.14. The maximum atomic E-state index is 6.19. The molecule has 3 aromatic heterocycles. The molecule has 0 amide bonds. The zero-order valence-electron chi connectivity index (χ0n) is 9.59. The number of rotatable bonds is 2. The predicted octanol–water partition coefficient (Wildman–Crippen LogP) is 3.36. The van der Waals surface area contributed by atoms with Crippen LogP contribution in [-0.4, -0.2) is 19.9 Å². The van der Waals surface area contributed by atoms with E-state index in [-0.39, 0.29) is 0 Å². The zero-order valence-corrected chi connectivity index (χ0v) is 11.2. The number of thiophene rings is 1. The molecule has 0 atom stereocenters. The zero-order chi connectivity index (χ0) is 12.5. The summed E-state index contributed by atoms with van der Waals surface area (Å²) >= 11 is 7.83. The van der Waals surface area contributed by atoms with Gasteiger partial charge >= 0.3 is 0 Å². The van der Waals surface area contributed by atoms with Crippen molar-refractivity contribution < 1.29 is 0 Å². The van der Waals surface area contributed by atoms with Gasteiger partial charge in [-0.1, -0.05) is 18.5 Å². The maximum Gasteiger partial charge on any atom is 0.182 e. The van der Waals surface area contributed by atoms with E-state index in [4.69, 9.17) is 11.6 Å². The third kappa shape index (κ3) is 1.95. The predicted molar refractivity (Wildman–Crippen MR) is 72.8 cm³/mol. The van der Waals surface area contributed by atoms with Crippen molar-refractivity contribution >= 4 is 33.2 Å². The Labute approximate surface area is 113 Å². The van der Waals surface area contributed by atoms with Gasteiger partial charge in [0.15, 0.2) is 5.82 Å². The van der Waals surface area contributed by atoms with Crippen LogP contribution < -0.4 is 0 Å². The summed E-state index contributed by atoms with van der Waals surface area (Å²) in [4.78, 5) is 19.1. The summed E-state index contributed by atoms with van der Waals surface area (Å²) in [6.45, 7) is 2.11.